The highest BCUT2D eigenvalue weighted by molar-refractivity contribution is 7.45. The summed E-state index contributed by atoms with van der Waals surface area (Å²) in [7, 11) is 1.31. The molecular formula is C50H101N2O6P. The van der Waals surface area contributed by atoms with Gasteiger partial charge in [0.25, 0.3) is 7.82 Å². The second-order valence-corrected chi connectivity index (χ2v) is 20.3. The molecule has 1 amide bonds. The summed E-state index contributed by atoms with van der Waals surface area (Å²) in [6.45, 7) is 4.74. The van der Waals surface area contributed by atoms with Gasteiger partial charge in [-0.3, -0.25) is 9.36 Å². The molecule has 0 bridgehead atoms. The van der Waals surface area contributed by atoms with E-state index in [9.17, 15) is 19.4 Å². The zero-order valence-electron chi connectivity index (χ0n) is 40.0. The summed E-state index contributed by atoms with van der Waals surface area (Å²) in [6.07, 6.45) is 49.3. The largest absolute Gasteiger partial charge is 0.756 e. The predicted molar refractivity (Wildman–Crippen MR) is 252 cm³/mol. The van der Waals surface area contributed by atoms with Gasteiger partial charge in [-0.15, -0.1) is 0 Å². The zero-order chi connectivity index (χ0) is 43.6. The lowest BCUT2D eigenvalue weighted by Gasteiger charge is -2.30. The van der Waals surface area contributed by atoms with Crippen molar-refractivity contribution < 1.29 is 32.9 Å². The van der Waals surface area contributed by atoms with E-state index in [0.29, 0.717) is 23.9 Å². The highest BCUT2D eigenvalue weighted by atomic mass is 31.2. The Morgan fingerprint density at radius 3 is 1.32 bits per heavy atom. The van der Waals surface area contributed by atoms with E-state index in [1.807, 2.05) is 21.1 Å². The molecule has 0 aliphatic rings. The molecule has 3 atom stereocenters. The summed E-state index contributed by atoms with van der Waals surface area (Å²) in [6, 6.07) is -0.799. The SMILES string of the molecule is CCCCCCCC/C=C\CCCCCCCCCC(=O)NC(COP(=O)([O-])OCC[N+](C)(C)C)C(O)CCCCCCCCCCCCCCCCCCCCCC. The minimum atomic E-state index is -4.57. The van der Waals surface area contributed by atoms with Gasteiger partial charge < -0.3 is 28.8 Å². The van der Waals surface area contributed by atoms with E-state index in [4.69, 9.17) is 9.05 Å². The van der Waals surface area contributed by atoms with Crippen LogP contribution >= 0.6 is 7.82 Å². The van der Waals surface area contributed by atoms with Crippen molar-refractivity contribution in [1.29, 1.82) is 0 Å². The normalized spacial score (nSPS) is 14.2. The van der Waals surface area contributed by atoms with Gasteiger partial charge in [-0.2, -0.15) is 0 Å². The molecular weight excluding hydrogens is 756 g/mol. The lowest BCUT2D eigenvalue weighted by molar-refractivity contribution is -0.870. The number of hydrogen-bond donors (Lipinski definition) is 2. The fourth-order valence-corrected chi connectivity index (χ4v) is 8.41. The second kappa shape index (κ2) is 42.5. The summed E-state index contributed by atoms with van der Waals surface area (Å²) >= 11 is 0. The summed E-state index contributed by atoms with van der Waals surface area (Å²) < 4.78 is 23.3. The quantitative estimate of drug-likeness (QED) is 0.0273. The number of quaternary nitrogens is 1. The molecule has 0 aliphatic heterocycles. The van der Waals surface area contributed by atoms with Gasteiger partial charge in [0.2, 0.25) is 5.91 Å². The maximum Gasteiger partial charge on any atom is 0.268 e. The molecule has 0 rings (SSSR count). The molecule has 0 saturated carbocycles. The van der Waals surface area contributed by atoms with E-state index in [1.165, 1.54) is 186 Å². The molecule has 0 saturated heterocycles. The zero-order valence-corrected chi connectivity index (χ0v) is 40.9. The second-order valence-electron chi connectivity index (χ2n) is 18.9. The third-order valence-electron chi connectivity index (χ3n) is 11.8. The molecule has 9 heteroatoms. The number of carbonyl (C=O) groups excluding carboxylic acids is 1. The molecule has 0 aromatic carbocycles. The highest BCUT2D eigenvalue weighted by Crippen LogP contribution is 2.38. The number of nitrogens with one attached hydrogen (secondary N) is 1. The first-order valence-corrected chi connectivity index (χ1v) is 27.0. The Labute approximate surface area is 367 Å². The summed E-state index contributed by atoms with van der Waals surface area (Å²) in [4.78, 5) is 25.4. The van der Waals surface area contributed by atoms with E-state index < -0.39 is 20.0 Å². The van der Waals surface area contributed by atoms with Gasteiger partial charge in [0, 0.05) is 6.42 Å². The van der Waals surface area contributed by atoms with E-state index in [1.54, 1.807) is 0 Å². The Morgan fingerprint density at radius 1 is 0.576 bits per heavy atom. The fraction of sp³-hybridized carbons (Fsp3) is 0.940. The van der Waals surface area contributed by atoms with E-state index in [-0.39, 0.29) is 19.1 Å². The number of unbranched alkanes of at least 4 members (excludes halogenated alkanes) is 32. The van der Waals surface area contributed by atoms with Crippen molar-refractivity contribution in [3.05, 3.63) is 12.2 Å². The van der Waals surface area contributed by atoms with Crippen molar-refractivity contribution in [3.8, 4) is 0 Å². The third kappa shape index (κ3) is 45.1. The fourth-order valence-electron chi connectivity index (χ4n) is 7.68. The molecule has 3 unspecified atom stereocenters. The molecule has 0 aliphatic carbocycles. The summed E-state index contributed by atoms with van der Waals surface area (Å²) in [5.74, 6) is -0.166. The Bertz CT molecular complexity index is 974. The molecule has 352 valence electrons. The minimum absolute atomic E-state index is 0.0135. The van der Waals surface area contributed by atoms with Crippen LogP contribution in [0.2, 0.25) is 0 Å². The van der Waals surface area contributed by atoms with Crippen LogP contribution in [-0.4, -0.2) is 68.5 Å². The molecule has 0 aromatic heterocycles. The van der Waals surface area contributed by atoms with Crippen LogP contribution in [0.5, 0.6) is 0 Å². The number of aliphatic hydroxyl groups is 1. The number of hydrogen-bond acceptors (Lipinski definition) is 6. The number of carbonyl (C=O) groups is 1. The number of phosphoric acid groups is 1. The Balaban J connectivity index is 4.25. The van der Waals surface area contributed by atoms with Crippen molar-refractivity contribution in [3.63, 3.8) is 0 Å². The van der Waals surface area contributed by atoms with Crippen molar-refractivity contribution in [2.45, 2.75) is 264 Å². The van der Waals surface area contributed by atoms with Crippen LogP contribution in [0.25, 0.3) is 0 Å². The van der Waals surface area contributed by atoms with Crippen LogP contribution in [0.4, 0.5) is 0 Å². The lowest BCUT2D eigenvalue weighted by Crippen LogP contribution is -2.46. The molecule has 0 aromatic rings. The van der Waals surface area contributed by atoms with E-state index >= 15 is 0 Å². The monoisotopic (exact) mass is 857 g/mol. The van der Waals surface area contributed by atoms with Crippen molar-refractivity contribution >= 4 is 13.7 Å². The average molecular weight is 857 g/mol. The summed E-state index contributed by atoms with van der Waals surface area (Å²) in [5, 5.41) is 14.0. The number of allylic oxidation sites excluding steroid dienone is 2. The lowest BCUT2D eigenvalue weighted by atomic mass is 10.0. The average Bonchev–Trinajstić information content (AvgIpc) is 3.19. The standard InChI is InChI=1S/C50H101N2O6P/c1-6-8-10-12-14-16-18-20-22-24-25-26-28-29-31-33-35-37-39-41-43-49(53)48(47-58-59(55,56)57-46-45-52(3,4)5)51-50(54)44-42-40-38-36-34-32-30-27-23-21-19-17-15-13-11-9-7-2/h21,23,48-49,53H,6-20,22,24-47H2,1-5H3,(H-,51,54,55,56)/b23-21-. The number of likely N-dealkylation sites (N-methyl/N-ethyl adjacent to an activating group) is 1. The smallest absolute Gasteiger partial charge is 0.268 e. The molecule has 0 radical (unpaired) electrons. The van der Waals surface area contributed by atoms with Gasteiger partial charge in [0.1, 0.15) is 13.2 Å². The van der Waals surface area contributed by atoms with E-state index in [0.717, 1.165) is 38.5 Å². The van der Waals surface area contributed by atoms with Crippen LogP contribution < -0.4 is 10.2 Å². The molecule has 0 spiro atoms. The van der Waals surface area contributed by atoms with Crippen LogP contribution in [0, 0.1) is 0 Å². The van der Waals surface area contributed by atoms with Crippen molar-refractivity contribution in [1.82, 2.24) is 5.32 Å². The predicted octanol–water partition coefficient (Wildman–Crippen LogP) is 14.1. The Kier molecular flexibility index (Phi) is 42.0. The van der Waals surface area contributed by atoms with E-state index in [2.05, 4.69) is 31.3 Å². The molecule has 0 heterocycles. The maximum atomic E-state index is 12.9. The first-order valence-electron chi connectivity index (χ1n) is 25.5. The van der Waals surface area contributed by atoms with Crippen molar-refractivity contribution in [2.24, 2.45) is 0 Å². The van der Waals surface area contributed by atoms with Gasteiger partial charge >= 0.3 is 0 Å². The topological polar surface area (TPSA) is 108 Å². The van der Waals surface area contributed by atoms with Crippen LogP contribution in [0.15, 0.2) is 12.2 Å². The molecule has 8 nitrogen and oxygen atoms in total. The first-order chi connectivity index (χ1) is 28.5. The van der Waals surface area contributed by atoms with Gasteiger partial charge in [0.15, 0.2) is 0 Å². The number of rotatable bonds is 47. The number of amides is 1. The number of aliphatic hydroxyl groups excluding tert-OH is 1. The minimum Gasteiger partial charge on any atom is -0.756 e. The molecule has 2 N–H and O–H groups in total. The highest BCUT2D eigenvalue weighted by Gasteiger charge is 2.24. The van der Waals surface area contributed by atoms with Gasteiger partial charge in [-0.1, -0.05) is 219 Å². The molecule has 59 heavy (non-hydrogen) atoms. The third-order valence-corrected chi connectivity index (χ3v) is 12.7. The first kappa shape index (κ1) is 58.2. The van der Waals surface area contributed by atoms with Crippen LogP contribution in [-0.2, 0) is 18.4 Å². The van der Waals surface area contributed by atoms with Crippen molar-refractivity contribution in [2.75, 3.05) is 40.9 Å². The maximum absolute atomic E-state index is 12.9. The van der Waals surface area contributed by atoms with Gasteiger partial charge in [0.05, 0.1) is 39.9 Å². The summed E-state index contributed by atoms with van der Waals surface area (Å²) in [5.41, 5.74) is 0. The Morgan fingerprint density at radius 2 is 0.932 bits per heavy atom. The molecule has 0 fully saturated rings. The van der Waals surface area contributed by atoms with Crippen LogP contribution in [0.1, 0.15) is 251 Å². The van der Waals surface area contributed by atoms with Crippen LogP contribution in [0.3, 0.4) is 0 Å². The van der Waals surface area contributed by atoms with Gasteiger partial charge in [-0.05, 0) is 38.5 Å². The Hall–Kier alpha value is -0.760. The van der Waals surface area contributed by atoms with Gasteiger partial charge in [-0.25, -0.2) is 0 Å². The number of phosphoric ester groups is 1. The number of nitrogens with zero attached hydrogens (tertiary/aromatic N) is 1.